The quantitative estimate of drug-likeness (QED) is 0.346. The molecule has 154 valence electrons. The van der Waals surface area contributed by atoms with Crippen molar-refractivity contribution >= 4 is 53.6 Å². The van der Waals surface area contributed by atoms with Gasteiger partial charge in [0.2, 0.25) is 11.9 Å². The van der Waals surface area contributed by atoms with Crippen molar-refractivity contribution in [3.05, 3.63) is 9.90 Å². The van der Waals surface area contributed by atoms with Crippen molar-refractivity contribution in [3.63, 3.8) is 0 Å². The maximum absolute atomic E-state index is 11.5. The van der Waals surface area contributed by atoms with Gasteiger partial charge in [-0.3, -0.25) is 4.79 Å². The van der Waals surface area contributed by atoms with E-state index in [1.54, 1.807) is 6.92 Å². The van der Waals surface area contributed by atoms with E-state index in [9.17, 15) is 4.79 Å². The summed E-state index contributed by atoms with van der Waals surface area (Å²) in [5, 5.41) is 8.91. The summed E-state index contributed by atoms with van der Waals surface area (Å²) in [4.78, 5) is 22.5. The standard InChI is InChI=1S/C18H29IN6O2Si/c1-13(26)24-7-5-14(6-8-24)21-18-20-11-15-16(19)23-25(17(15)22-18)12-27-9-10-28(2,3)4/h11,14H,5-10,12H2,1-4H3,(H,20,21,22). The third-order valence-electron chi connectivity index (χ3n) is 4.93. The van der Waals surface area contributed by atoms with Crippen LogP contribution < -0.4 is 5.32 Å². The molecule has 1 aliphatic rings. The first-order chi connectivity index (χ1) is 13.2. The van der Waals surface area contributed by atoms with E-state index >= 15 is 0 Å². The van der Waals surface area contributed by atoms with Gasteiger partial charge in [-0.25, -0.2) is 9.67 Å². The molecule has 3 rings (SSSR count). The molecule has 3 heterocycles. The molecule has 1 N–H and O–H groups in total. The topological polar surface area (TPSA) is 85.2 Å². The zero-order valence-electron chi connectivity index (χ0n) is 17.0. The van der Waals surface area contributed by atoms with Crippen LogP contribution in [0.25, 0.3) is 11.0 Å². The summed E-state index contributed by atoms with van der Waals surface area (Å²) < 4.78 is 8.54. The first-order valence-corrected chi connectivity index (χ1v) is 14.5. The van der Waals surface area contributed by atoms with Gasteiger partial charge in [0.15, 0.2) is 5.65 Å². The molecule has 1 saturated heterocycles. The number of anilines is 1. The number of hydrogen-bond acceptors (Lipinski definition) is 6. The van der Waals surface area contributed by atoms with Gasteiger partial charge in [-0.1, -0.05) is 19.6 Å². The van der Waals surface area contributed by atoms with Crippen molar-refractivity contribution in [1.82, 2.24) is 24.6 Å². The number of likely N-dealkylation sites (tertiary alicyclic amines) is 1. The number of rotatable bonds is 7. The molecule has 0 aliphatic carbocycles. The molecule has 1 fully saturated rings. The van der Waals surface area contributed by atoms with Crippen molar-refractivity contribution in [1.29, 1.82) is 0 Å². The van der Waals surface area contributed by atoms with Gasteiger partial charge in [0.1, 0.15) is 10.4 Å². The van der Waals surface area contributed by atoms with Crippen LogP contribution in [0, 0.1) is 3.70 Å². The number of hydrogen-bond donors (Lipinski definition) is 1. The van der Waals surface area contributed by atoms with Gasteiger partial charge in [-0.15, -0.1) is 0 Å². The van der Waals surface area contributed by atoms with E-state index in [4.69, 9.17) is 9.72 Å². The highest BCUT2D eigenvalue weighted by atomic mass is 127. The van der Waals surface area contributed by atoms with Gasteiger partial charge < -0.3 is 15.0 Å². The number of nitrogens with one attached hydrogen (secondary N) is 1. The summed E-state index contributed by atoms with van der Waals surface area (Å²) in [5.74, 6) is 0.747. The number of fused-ring (bicyclic) bond motifs is 1. The highest BCUT2D eigenvalue weighted by Gasteiger charge is 2.22. The molecule has 28 heavy (non-hydrogen) atoms. The second-order valence-electron chi connectivity index (χ2n) is 8.49. The Morgan fingerprint density at radius 1 is 1.36 bits per heavy atom. The third kappa shape index (κ3) is 5.63. The van der Waals surface area contributed by atoms with Crippen LogP contribution in [0.1, 0.15) is 19.8 Å². The van der Waals surface area contributed by atoms with E-state index in [2.05, 4.69) is 57.6 Å². The number of ether oxygens (including phenoxy) is 1. The molecule has 2 aromatic heterocycles. The lowest BCUT2D eigenvalue weighted by Gasteiger charge is -2.31. The van der Waals surface area contributed by atoms with E-state index in [1.807, 2.05) is 15.8 Å². The Hall–Kier alpha value is -1.27. The van der Waals surface area contributed by atoms with Crippen LogP contribution in [-0.4, -0.2) is 64.4 Å². The minimum absolute atomic E-state index is 0.142. The lowest BCUT2D eigenvalue weighted by molar-refractivity contribution is -0.129. The van der Waals surface area contributed by atoms with Gasteiger partial charge in [0.05, 0.1) is 5.39 Å². The SMILES string of the molecule is CC(=O)N1CCC(Nc2ncc3c(I)nn(COCC[Si](C)(C)C)c3n2)CC1. The van der Waals surface area contributed by atoms with Crippen LogP contribution in [0.5, 0.6) is 0 Å². The van der Waals surface area contributed by atoms with Gasteiger partial charge in [-0.05, 0) is 41.5 Å². The molecule has 10 heteroatoms. The zero-order chi connectivity index (χ0) is 20.3. The number of aromatic nitrogens is 4. The van der Waals surface area contributed by atoms with Crippen LogP contribution in [0.4, 0.5) is 5.95 Å². The monoisotopic (exact) mass is 516 g/mol. The fourth-order valence-corrected chi connectivity index (χ4v) is 4.53. The van der Waals surface area contributed by atoms with Gasteiger partial charge >= 0.3 is 0 Å². The first kappa shape index (κ1) is 21.4. The second kappa shape index (κ2) is 9.03. The second-order valence-corrected chi connectivity index (χ2v) is 15.1. The van der Waals surface area contributed by atoms with Gasteiger partial charge in [-0.2, -0.15) is 10.1 Å². The van der Waals surface area contributed by atoms with Crippen molar-refractivity contribution in [2.45, 2.75) is 58.2 Å². The van der Waals surface area contributed by atoms with Crippen molar-refractivity contribution in [2.24, 2.45) is 0 Å². The highest BCUT2D eigenvalue weighted by Crippen LogP contribution is 2.21. The van der Waals surface area contributed by atoms with Gasteiger partial charge in [0.25, 0.3) is 0 Å². The van der Waals surface area contributed by atoms with E-state index in [0.717, 1.165) is 53.3 Å². The van der Waals surface area contributed by atoms with Crippen molar-refractivity contribution < 1.29 is 9.53 Å². The Labute approximate surface area is 180 Å². The minimum Gasteiger partial charge on any atom is -0.359 e. The number of nitrogens with zero attached hydrogens (tertiary/aromatic N) is 5. The molecular weight excluding hydrogens is 487 g/mol. The Morgan fingerprint density at radius 3 is 2.71 bits per heavy atom. The molecule has 0 unspecified atom stereocenters. The molecule has 0 saturated carbocycles. The Morgan fingerprint density at radius 2 is 2.07 bits per heavy atom. The molecular formula is C18H29IN6O2Si. The van der Waals surface area contributed by atoms with Crippen molar-refractivity contribution in [2.75, 3.05) is 25.0 Å². The van der Waals surface area contributed by atoms with E-state index in [-0.39, 0.29) is 11.9 Å². The summed E-state index contributed by atoms with van der Waals surface area (Å²) in [7, 11) is -1.11. The summed E-state index contributed by atoms with van der Waals surface area (Å²) in [5.41, 5.74) is 0.788. The predicted octanol–water partition coefficient (Wildman–Crippen LogP) is 3.17. The summed E-state index contributed by atoms with van der Waals surface area (Å²) in [6, 6.07) is 1.40. The van der Waals surface area contributed by atoms with Crippen LogP contribution in [-0.2, 0) is 16.3 Å². The molecule has 2 aromatic rings. The molecule has 0 bridgehead atoms. The fraction of sp³-hybridized carbons (Fsp3) is 0.667. The highest BCUT2D eigenvalue weighted by molar-refractivity contribution is 14.1. The van der Waals surface area contributed by atoms with Crippen LogP contribution >= 0.6 is 22.6 Å². The zero-order valence-corrected chi connectivity index (χ0v) is 20.2. The molecule has 0 radical (unpaired) electrons. The molecule has 1 aliphatic heterocycles. The minimum atomic E-state index is -1.11. The lowest BCUT2D eigenvalue weighted by atomic mass is 10.1. The first-order valence-electron chi connectivity index (χ1n) is 9.72. The van der Waals surface area contributed by atoms with E-state index in [1.165, 1.54) is 0 Å². The Kier molecular flexibility index (Phi) is 6.92. The summed E-state index contributed by atoms with van der Waals surface area (Å²) in [6.07, 6.45) is 3.62. The number of carbonyl (C=O) groups excluding carboxylic acids is 1. The average molecular weight is 516 g/mol. The maximum atomic E-state index is 11.5. The number of carbonyl (C=O) groups is 1. The van der Waals surface area contributed by atoms with Gasteiger partial charge in [0, 0.05) is 46.9 Å². The lowest BCUT2D eigenvalue weighted by Crippen LogP contribution is -2.41. The van der Waals surface area contributed by atoms with Crippen LogP contribution in [0.2, 0.25) is 25.7 Å². The van der Waals surface area contributed by atoms with E-state index in [0.29, 0.717) is 12.7 Å². The Balaban J connectivity index is 1.64. The predicted molar refractivity (Wildman–Crippen MR) is 121 cm³/mol. The van der Waals surface area contributed by atoms with Crippen LogP contribution in [0.3, 0.4) is 0 Å². The molecule has 8 nitrogen and oxygen atoms in total. The maximum Gasteiger partial charge on any atom is 0.224 e. The molecule has 1 amide bonds. The average Bonchev–Trinajstić information content (AvgIpc) is 2.94. The number of amides is 1. The molecule has 0 atom stereocenters. The molecule has 0 spiro atoms. The van der Waals surface area contributed by atoms with Crippen molar-refractivity contribution in [3.8, 4) is 0 Å². The molecule has 0 aromatic carbocycles. The Bertz CT molecular complexity index is 829. The summed E-state index contributed by atoms with van der Waals surface area (Å²) >= 11 is 2.21. The van der Waals surface area contributed by atoms with E-state index < -0.39 is 8.07 Å². The fourth-order valence-electron chi connectivity index (χ4n) is 3.13. The third-order valence-corrected chi connectivity index (χ3v) is 7.43. The summed E-state index contributed by atoms with van der Waals surface area (Å²) in [6.45, 7) is 11.3. The normalized spacial score (nSPS) is 16.0. The smallest absolute Gasteiger partial charge is 0.224 e. The van der Waals surface area contributed by atoms with Crippen LogP contribution in [0.15, 0.2) is 6.20 Å². The largest absolute Gasteiger partial charge is 0.359 e. The number of piperidine rings is 1. The number of halogens is 1.